The van der Waals surface area contributed by atoms with E-state index < -0.39 is 0 Å². The molecule has 0 aromatic heterocycles. The van der Waals surface area contributed by atoms with Gasteiger partial charge in [0.2, 0.25) is 0 Å². The minimum absolute atomic E-state index is 0.765. The Balaban J connectivity index is 1.57. The minimum Gasteiger partial charge on any atom is -0.314 e. The van der Waals surface area contributed by atoms with Gasteiger partial charge in [0.05, 0.1) is 0 Å². The summed E-state index contributed by atoms with van der Waals surface area (Å²) < 4.78 is 0. The maximum atomic E-state index is 3.60. The van der Waals surface area contributed by atoms with Gasteiger partial charge in [-0.3, -0.25) is 4.90 Å². The van der Waals surface area contributed by atoms with Crippen molar-refractivity contribution in [1.29, 1.82) is 0 Å². The van der Waals surface area contributed by atoms with E-state index in [1.807, 2.05) is 0 Å². The van der Waals surface area contributed by atoms with Gasteiger partial charge in [-0.25, -0.2) is 0 Å². The van der Waals surface area contributed by atoms with Gasteiger partial charge in [0, 0.05) is 31.2 Å². The van der Waals surface area contributed by atoms with Gasteiger partial charge in [-0.1, -0.05) is 0 Å². The van der Waals surface area contributed by atoms with Gasteiger partial charge in [-0.2, -0.15) is 0 Å². The number of rotatable bonds is 7. The van der Waals surface area contributed by atoms with Gasteiger partial charge < -0.3 is 10.2 Å². The van der Waals surface area contributed by atoms with Crippen molar-refractivity contribution >= 4 is 0 Å². The maximum Gasteiger partial charge on any atom is 0.0229 e. The molecule has 3 nitrogen and oxygen atoms in total. The van der Waals surface area contributed by atoms with E-state index in [0.29, 0.717) is 0 Å². The average Bonchev–Trinajstić information content (AvgIpc) is 2.97. The Hall–Kier alpha value is -0.120. The molecule has 1 heterocycles. The Morgan fingerprint density at radius 2 is 2.06 bits per heavy atom. The summed E-state index contributed by atoms with van der Waals surface area (Å²) in [5.74, 6) is 0. The molecule has 0 amide bonds. The third-order valence-electron chi connectivity index (χ3n) is 4.36. The largest absolute Gasteiger partial charge is 0.314 e. The summed E-state index contributed by atoms with van der Waals surface area (Å²) in [4.78, 5) is 5.04. The van der Waals surface area contributed by atoms with Crippen molar-refractivity contribution in [2.75, 3.05) is 33.7 Å². The minimum atomic E-state index is 0.765. The van der Waals surface area contributed by atoms with Gasteiger partial charge in [0.25, 0.3) is 0 Å². The molecule has 1 saturated heterocycles. The molecule has 2 fully saturated rings. The van der Waals surface area contributed by atoms with Crippen LogP contribution in [0, 0.1) is 0 Å². The first-order valence-electron chi connectivity index (χ1n) is 7.30. The van der Waals surface area contributed by atoms with E-state index in [9.17, 15) is 0 Å². The van der Waals surface area contributed by atoms with Crippen LogP contribution in [0.15, 0.2) is 0 Å². The first-order valence-corrected chi connectivity index (χ1v) is 7.30. The predicted molar refractivity (Wildman–Crippen MR) is 73.4 cm³/mol. The highest BCUT2D eigenvalue weighted by molar-refractivity contribution is 4.84. The van der Waals surface area contributed by atoms with E-state index in [2.05, 4.69) is 36.1 Å². The number of nitrogens with one attached hydrogen (secondary N) is 1. The lowest BCUT2D eigenvalue weighted by atomic mass is 10.1. The highest BCUT2D eigenvalue weighted by atomic mass is 15.2. The predicted octanol–water partition coefficient (Wildman–Crippen LogP) is 1.54. The molecule has 0 bridgehead atoms. The lowest BCUT2D eigenvalue weighted by Gasteiger charge is -2.25. The first kappa shape index (κ1) is 13.3. The SMILES string of the molecule is CC(CCCNC1CC1)N1CCC(N(C)C)C1. The van der Waals surface area contributed by atoms with Crippen LogP contribution in [0.3, 0.4) is 0 Å². The second-order valence-electron chi connectivity index (χ2n) is 6.12. The lowest BCUT2D eigenvalue weighted by Crippen LogP contribution is -2.36. The van der Waals surface area contributed by atoms with Crippen LogP contribution in [0.5, 0.6) is 0 Å². The molecule has 0 aromatic carbocycles. The molecule has 1 saturated carbocycles. The summed E-state index contributed by atoms with van der Waals surface area (Å²) in [6.07, 6.45) is 6.84. The normalized spacial score (nSPS) is 27.9. The van der Waals surface area contributed by atoms with Crippen LogP contribution >= 0.6 is 0 Å². The number of nitrogens with zero attached hydrogens (tertiary/aromatic N) is 2. The second kappa shape index (κ2) is 6.17. The zero-order valence-electron chi connectivity index (χ0n) is 11.8. The highest BCUT2D eigenvalue weighted by Gasteiger charge is 2.27. The topological polar surface area (TPSA) is 18.5 Å². The molecule has 3 heteroatoms. The van der Waals surface area contributed by atoms with Crippen molar-refractivity contribution in [1.82, 2.24) is 15.1 Å². The monoisotopic (exact) mass is 239 g/mol. The summed E-state index contributed by atoms with van der Waals surface area (Å²) >= 11 is 0. The van der Waals surface area contributed by atoms with Crippen molar-refractivity contribution in [3.63, 3.8) is 0 Å². The molecule has 2 unspecified atom stereocenters. The Morgan fingerprint density at radius 1 is 1.29 bits per heavy atom. The van der Waals surface area contributed by atoms with Crippen LogP contribution in [0.25, 0.3) is 0 Å². The summed E-state index contributed by atoms with van der Waals surface area (Å²) in [5.41, 5.74) is 0. The molecule has 100 valence electrons. The molecule has 17 heavy (non-hydrogen) atoms. The molecule has 2 rings (SSSR count). The zero-order valence-corrected chi connectivity index (χ0v) is 11.8. The molecule has 1 aliphatic carbocycles. The summed E-state index contributed by atoms with van der Waals surface area (Å²) in [5, 5.41) is 3.60. The third-order valence-corrected chi connectivity index (χ3v) is 4.36. The zero-order chi connectivity index (χ0) is 12.3. The highest BCUT2D eigenvalue weighted by Crippen LogP contribution is 2.20. The number of hydrogen-bond donors (Lipinski definition) is 1. The van der Waals surface area contributed by atoms with Crippen LogP contribution in [-0.2, 0) is 0 Å². The van der Waals surface area contributed by atoms with E-state index in [1.54, 1.807) is 0 Å². The fourth-order valence-electron chi connectivity index (χ4n) is 2.76. The quantitative estimate of drug-likeness (QED) is 0.680. The fraction of sp³-hybridized carbons (Fsp3) is 1.00. The second-order valence-corrected chi connectivity index (χ2v) is 6.12. The van der Waals surface area contributed by atoms with Crippen LogP contribution in [-0.4, -0.2) is 61.7 Å². The van der Waals surface area contributed by atoms with Gasteiger partial charge in [-0.05, 0) is 59.7 Å². The molecule has 1 N–H and O–H groups in total. The molecule has 0 aromatic rings. The molecular weight excluding hydrogens is 210 g/mol. The average molecular weight is 239 g/mol. The molecule has 2 aliphatic rings. The van der Waals surface area contributed by atoms with Crippen molar-refractivity contribution in [2.24, 2.45) is 0 Å². The van der Waals surface area contributed by atoms with Gasteiger partial charge in [0.15, 0.2) is 0 Å². The Labute approximate surface area is 107 Å². The summed E-state index contributed by atoms with van der Waals surface area (Å²) in [6.45, 7) is 6.18. The Morgan fingerprint density at radius 3 is 2.65 bits per heavy atom. The van der Waals surface area contributed by atoms with E-state index in [-0.39, 0.29) is 0 Å². The molecule has 1 aliphatic heterocycles. The van der Waals surface area contributed by atoms with Crippen molar-refractivity contribution in [2.45, 2.75) is 57.2 Å². The molecule has 0 spiro atoms. The van der Waals surface area contributed by atoms with Crippen LogP contribution in [0.1, 0.15) is 39.0 Å². The van der Waals surface area contributed by atoms with E-state index >= 15 is 0 Å². The lowest BCUT2D eigenvalue weighted by molar-refractivity contribution is 0.216. The third kappa shape index (κ3) is 4.23. The van der Waals surface area contributed by atoms with Crippen molar-refractivity contribution < 1.29 is 0 Å². The van der Waals surface area contributed by atoms with Gasteiger partial charge in [-0.15, -0.1) is 0 Å². The summed E-state index contributed by atoms with van der Waals surface area (Å²) in [6, 6.07) is 2.42. The van der Waals surface area contributed by atoms with Crippen LogP contribution in [0.4, 0.5) is 0 Å². The standard InChI is InChI=1S/C14H29N3/c1-12(5-4-9-15-13-6-7-13)17-10-8-14(11-17)16(2)3/h12-15H,4-11H2,1-3H3. The van der Waals surface area contributed by atoms with Gasteiger partial charge in [0.1, 0.15) is 0 Å². The van der Waals surface area contributed by atoms with Gasteiger partial charge >= 0.3 is 0 Å². The van der Waals surface area contributed by atoms with Crippen LogP contribution < -0.4 is 5.32 Å². The summed E-state index contributed by atoms with van der Waals surface area (Å²) in [7, 11) is 4.41. The van der Waals surface area contributed by atoms with Crippen molar-refractivity contribution in [3.05, 3.63) is 0 Å². The number of likely N-dealkylation sites (N-methyl/N-ethyl adjacent to an activating group) is 1. The molecule has 0 radical (unpaired) electrons. The van der Waals surface area contributed by atoms with Crippen molar-refractivity contribution in [3.8, 4) is 0 Å². The Bertz CT molecular complexity index is 226. The Kier molecular flexibility index (Phi) is 4.83. The van der Waals surface area contributed by atoms with Crippen LogP contribution in [0.2, 0.25) is 0 Å². The number of hydrogen-bond acceptors (Lipinski definition) is 3. The van der Waals surface area contributed by atoms with E-state index in [0.717, 1.165) is 18.1 Å². The van der Waals surface area contributed by atoms with E-state index in [4.69, 9.17) is 0 Å². The first-order chi connectivity index (χ1) is 8.16. The molecular formula is C14H29N3. The fourth-order valence-corrected chi connectivity index (χ4v) is 2.76. The van der Waals surface area contributed by atoms with E-state index in [1.165, 1.54) is 51.7 Å². The number of likely N-dealkylation sites (tertiary alicyclic amines) is 1. The maximum absolute atomic E-state index is 3.60. The molecule has 2 atom stereocenters. The smallest absolute Gasteiger partial charge is 0.0229 e.